The van der Waals surface area contributed by atoms with E-state index in [4.69, 9.17) is 5.73 Å². The molecule has 4 rings (SSSR count). The van der Waals surface area contributed by atoms with Gasteiger partial charge in [0.1, 0.15) is 6.04 Å². The number of para-hydroxylation sites is 1. The van der Waals surface area contributed by atoms with Gasteiger partial charge in [-0.05, 0) is 17.7 Å². The van der Waals surface area contributed by atoms with Gasteiger partial charge in [0.15, 0.2) is 5.13 Å². The first kappa shape index (κ1) is 18.4. The Bertz CT molecular complexity index is 949. The Labute approximate surface area is 166 Å². The fourth-order valence-corrected chi connectivity index (χ4v) is 4.33. The predicted octanol–water partition coefficient (Wildman–Crippen LogP) is 2.67. The molecular formula is C20H21N5O2S. The van der Waals surface area contributed by atoms with Gasteiger partial charge in [0.05, 0.1) is 10.2 Å². The minimum atomic E-state index is -0.476. The molecule has 2 aromatic carbocycles. The number of nitrogens with two attached hydrogens (primary N) is 1. The number of nitrogens with one attached hydrogen (secondary N) is 1. The summed E-state index contributed by atoms with van der Waals surface area (Å²) >= 11 is 1.45. The van der Waals surface area contributed by atoms with E-state index in [2.05, 4.69) is 10.3 Å². The van der Waals surface area contributed by atoms with Gasteiger partial charge in [0, 0.05) is 26.2 Å². The molecule has 2 heterocycles. The number of rotatable bonds is 4. The predicted molar refractivity (Wildman–Crippen MR) is 110 cm³/mol. The summed E-state index contributed by atoms with van der Waals surface area (Å²) in [6.45, 7) is 2.20. The van der Waals surface area contributed by atoms with E-state index < -0.39 is 6.04 Å². The number of thiazole rings is 1. The Morgan fingerprint density at radius 3 is 2.36 bits per heavy atom. The molecule has 0 bridgehead atoms. The molecule has 1 atom stereocenters. The lowest BCUT2D eigenvalue weighted by molar-refractivity contribution is -0.124. The SMILES string of the molecule is NC(=O)C(c1ccccc1)N1CCN(C(=O)Nc2nc3ccccc3s2)CC1. The Morgan fingerprint density at radius 2 is 1.68 bits per heavy atom. The number of anilines is 1. The van der Waals surface area contributed by atoms with Crippen LogP contribution < -0.4 is 11.1 Å². The van der Waals surface area contributed by atoms with E-state index in [-0.39, 0.29) is 11.9 Å². The molecule has 3 N–H and O–H groups in total. The van der Waals surface area contributed by atoms with Crippen LogP contribution in [0.2, 0.25) is 0 Å². The monoisotopic (exact) mass is 395 g/mol. The van der Waals surface area contributed by atoms with Crippen LogP contribution in [-0.4, -0.2) is 52.9 Å². The number of hydrogen-bond donors (Lipinski definition) is 2. The summed E-state index contributed by atoms with van der Waals surface area (Å²) < 4.78 is 1.04. The fraction of sp³-hybridized carbons (Fsp3) is 0.250. The van der Waals surface area contributed by atoms with E-state index in [0.29, 0.717) is 31.3 Å². The van der Waals surface area contributed by atoms with E-state index in [1.54, 1.807) is 4.90 Å². The minimum Gasteiger partial charge on any atom is -0.368 e. The molecule has 144 valence electrons. The standard InChI is InChI=1S/C20H21N5O2S/c21-18(26)17(14-6-2-1-3-7-14)24-10-12-25(13-11-24)20(27)23-19-22-15-8-4-5-9-16(15)28-19/h1-9,17H,10-13H2,(H2,21,26)(H,22,23,27). The minimum absolute atomic E-state index is 0.172. The number of hydrogen-bond acceptors (Lipinski definition) is 5. The summed E-state index contributed by atoms with van der Waals surface area (Å²) in [6, 6.07) is 16.6. The molecule has 1 aliphatic heterocycles. The number of amides is 3. The highest BCUT2D eigenvalue weighted by Gasteiger charge is 2.30. The van der Waals surface area contributed by atoms with Gasteiger partial charge in [-0.15, -0.1) is 0 Å². The van der Waals surface area contributed by atoms with E-state index in [1.807, 2.05) is 59.5 Å². The van der Waals surface area contributed by atoms with Crippen molar-refractivity contribution in [3.63, 3.8) is 0 Å². The summed E-state index contributed by atoms with van der Waals surface area (Å²) in [4.78, 5) is 32.8. The number of fused-ring (bicyclic) bond motifs is 1. The number of urea groups is 1. The second-order valence-corrected chi connectivity index (χ2v) is 7.69. The maximum Gasteiger partial charge on any atom is 0.323 e. The van der Waals surface area contributed by atoms with E-state index in [0.717, 1.165) is 15.8 Å². The highest BCUT2D eigenvalue weighted by Crippen LogP contribution is 2.26. The largest absolute Gasteiger partial charge is 0.368 e. The van der Waals surface area contributed by atoms with Crippen LogP contribution in [0.5, 0.6) is 0 Å². The van der Waals surface area contributed by atoms with Crippen molar-refractivity contribution in [2.75, 3.05) is 31.5 Å². The van der Waals surface area contributed by atoms with Crippen LogP contribution in [0, 0.1) is 0 Å². The molecule has 3 amide bonds. The van der Waals surface area contributed by atoms with Crippen molar-refractivity contribution in [2.24, 2.45) is 5.73 Å². The number of carbonyl (C=O) groups excluding carboxylic acids is 2. The Morgan fingerprint density at radius 1 is 1.00 bits per heavy atom. The Hall–Kier alpha value is -2.97. The highest BCUT2D eigenvalue weighted by molar-refractivity contribution is 7.22. The molecule has 0 spiro atoms. The lowest BCUT2D eigenvalue weighted by atomic mass is 10.0. The van der Waals surface area contributed by atoms with Crippen LogP contribution in [0.4, 0.5) is 9.93 Å². The number of aromatic nitrogens is 1. The summed E-state index contributed by atoms with van der Waals surface area (Å²) in [7, 11) is 0. The van der Waals surface area contributed by atoms with Gasteiger partial charge in [-0.2, -0.15) is 0 Å². The van der Waals surface area contributed by atoms with Crippen LogP contribution in [0.1, 0.15) is 11.6 Å². The third kappa shape index (κ3) is 3.83. The second-order valence-electron chi connectivity index (χ2n) is 6.66. The Balaban J connectivity index is 1.39. The molecule has 28 heavy (non-hydrogen) atoms. The van der Waals surface area contributed by atoms with Gasteiger partial charge in [-0.1, -0.05) is 53.8 Å². The number of carbonyl (C=O) groups is 2. The van der Waals surface area contributed by atoms with Crippen LogP contribution >= 0.6 is 11.3 Å². The van der Waals surface area contributed by atoms with Crippen molar-refractivity contribution in [2.45, 2.75) is 6.04 Å². The molecule has 0 saturated carbocycles. The van der Waals surface area contributed by atoms with Crippen LogP contribution in [0.15, 0.2) is 54.6 Å². The van der Waals surface area contributed by atoms with Gasteiger partial charge < -0.3 is 10.6 Å². The van der Waals surface area contributed by atoms with Crippen molar-refractivity contribution < 1.29 is 9.59 Å². The van der Waals surface area contributed by atoms with E-state index in [1.165, 1.54) is 11.3 Å². The first-order valence-electron chi connectivity index (χ1n) is 9.11. The van der Waals surface area contributed by atoms with Gasteiger partial charge in [-0.3, -0.25) is 15.0 Å². The maximum absolute atomic E-state index is 12.6. The van der Waals surface area contributed by atoms with Crippen LogP contribution in [0.3, 0.4) is 0 Å². The van der Waals surface area contributed by atoms with Crippen molar-refractivity contribution in [1.29, 1.82) is 0 Å². The van der Waals surface area contributed by atoms with E-state index >= 15 is 0 Å². The molecule has 1 saturated heterocycles. The maximum atomic E-state index is 12.6. The normalized spacial score (nSPS) is 16.1. The molecule has 1 aromatic heterocycles. The zero-order chi connectivity index (χ0) is 19.5. The molecule has 1 aliphatic rings. The molecule has 1 unspecified atom stereocenters. The Kier molecular flexibility index (Phi) is 5.23. The third-order valence-corrected chi connectivity index (χ3v) is 5.81. The topological polar surface area (TPSA) is 91.6 Å². The lowest BCUT2D eigenvalue weighted by Crippen LogP contribution is -2.52. The van der Waals surface area contributed by atoms with Crippen molar-refractivity contribution in [1.82, 2.24) is 14.8 Å². The summed E-state index contributed by atoms with van der Waals surface area (Å²) in [6.07, 6.45) is 0. The highest BCUT2D eigenvalue weighted by atomic mass is 32.1. The molecule has 7 nitrogen and oxygen atoms in total. The lowest BCUT2D eigenvalue weighted by Gasteiger charge is -2.38. The van der Waals surface area contributed by atoms with Crippen LogP contribution in [-0.2, 0) is 4.79 Å². The molecular weight excluding hydrogens is 374 g/mol. The summed E-state index contributed by atoms with van der Waals surface area (Å²) in [5, 5.41) is 3.47. The molecule has 0 aliphatic carbocycles. The van der Waals surface area contributed by atoms with Crippen molar-refractivity contribution >= 4 is 38.6 Å². The first-order chi connectivity index (χ1) is 13.6. The van der Waals surface area contributed by atoms with Gasteiger partial charge >= 0.3 is 6.03 Å². The fourth-order valence-electron chi connectivity index (χ4n) is 3.47. The molecule has 3 aromatic rings. The molecule has 8 heteroatoms. The van der Waals surface area contributed by atoms with Gasteiger partial charge in [0.2, 0.25) is 5.91 Å². The molecule has 1 fully saturated rings. The summed E-state index contributed by atoms with van der Waals surface area (Å²) in [5.74, 6) is -0.376. The average Bonchev–Trinajstić information content (AvgIpc) is 3.11. The smallest absolute Gasteiger partial charge is 0.323 e. The number of benzene rings is 2. The molecule has 0 radical (unpaired) electrons. The number of nitrogens with zero attached hydrogens (tertiary/aromatic N) is 3. The summed E-state index contributed by atoms with van der Waals surface area (Å²) in [5.41, 5.74) is 7.40. The quantitative estimate of drug-likeness (QED) is 0.710. The third-order valence-electron chi connectivity index (χ3n) is 4.86. The zero-order valence-corrected chi connectivity index (χ0v) is 16.1. The number of piperazine rings is 1. The first-order valence-corrected chi connectivity index (χ1v) is 9.93. The second kappa shape index (κ2) is 7.95. The van der Waals surface area contributed by atoms with Gasteiger partial charge in [-0.25, -0.2) is 9.78 Å². The zero-order valence-electron chi connectivity index (χ0n) is 15.2. The van der Waals surface area contributed by atoms with Crippen molar-refractivity contribution in [3.8, 4) is 0 Å². The number of primary amides is 1. The van der Waals surface area contributed by atoms with E-state index in [9.17, 15) is 9.59 Å². The van der Waals surface area contributed by atoms with Gasteiger partial charge in [0.25, 0.3) is 0 Å². The van der Waals surface area contributed by atoms with Crippen molar-refractivity contribution in [3.05, 3.63) is 60.2 Å². The van der Waals surface area contributed by atoms with Crippen LogP contribution in [0.25, 0.3) is 10.2 Å². The average molecular weight is 395 g/mol.